The van der Waals surface area contributed by atoms with Crippen LogP contribution in [0.3, 0.4) is 0 Å². The van der Waals surface area contributed by atoms with Crippen LogP contribution in [0, 0.1) is 5.82 Å². The molecule has 0 aromatic heterocycles. The predicted molar refractivity (Wildman–Crippen MR) is 77.4 cm³/mol. The minimum Gasteiger partial charge on any atom is -0.388 e. The predicted octanol–water partition coefficient (Wildman–Crippen LogP) is 1.52. The third kappa shape index (κ3) is 3.69. The van der Waals surface area contributed by atoms with E-state index in [0.717, 1.165) is 11.3 Å². The highest BCUT2D eigenvalue weighted by Gasteiger charge is 2.31. The Bertz CT molecular complexity index is 447. The molecule has 2 rings (SSSR count). The van der Waals surface area contributed by atoms with E-state index in [4.69, 9.17) is 4.74 Å². The first-order valence-corrected chi connectivity index (χ1v) is 6.98. The number of nitrogens with zero attached hydrogens (tertiary/aromatic N) is 1. The number of hydrogen-bond donors (Lipinski definition) is 2. The van der Waals surface area contributed by atoms with Crippen LogP contribution in [0.25, 0.3) is 0 Å². The molecule has 0 saturated carbocycles. The summed E-state index contributed by atoms with van der Waals surface area (Å²) in [6.07, 6.45) is 1.28. The van der Waals surface area contributed by atoms with Gasteiger partial charge in [0, 0.05) is 51.9 Å². The molecular weight excluding hydrogens is 259 g/mol. The Morgan fingerprint density at radius 1 is 1.40 bits per heavy atom. The van der Waals surface area contributed by atoms with Crippen molar-refractivity contribution in [3.05, 3.63) is 29.6 Å². The molecule has 1 aliphatic heterocycles. The molecule has 1 aromatic carbocycles. The molecule has 0 bridgehead atoms. The maximum atomic E-state index is 13.4. The Kier molecular flexibility index (Phi) is 4.96. The average molecular weight is 282 g/mol. The maximum Gasteiger partial charge on any atom is 0.123 e. The Balaban J connectivity index is 2.13. The number of rotatable bonds is 5. The number of likely N-dealkylation sites (N-methyl/N-ethyl adjacent to an activating group) is 1. The lowest BCUT2D eigenvalue weighted by molar-refractivity contribution is -0.0572. The van der Waals surface area contributed by atoms with Gasteiger partial charge < -0.3 is 20.1 Å². The summed E-state index contributed by atoms with van der Waals surface area (Å²) in [6.45, 7) is 2.31. The van der Waals surface area contributed by atoms with E-state index in [1.807, 2.05) is 19.0 Å². The fourth-order valence-electron chi connectivity index (χ4n) is 2.69. The van der Waals surface area contributed by atoms with Gasteiger partial charge in [-0.2, -0.15) is 0 Å². The molecule has 5 heteroatoms. The van der Waals surface area contributed by atoms with Gasteiger partial charge in [-0.1, -0.05) is 0 Å². The van der Waals surface area contributed by atoms with Crippen molar-refractivity contribution < 1.29 is 14.2 Å². The first kappa shape index (κ1) is 15.2. The fourth-order valence-corrected chi connectivity index (χ4v) is 2.69. The fraction of sp³-hybridized carbons (Fsp3) is 0.600. The van der Waals surface area contributed by atoms with Crippen LogP contribution < -0.4 is 10.2 Å². The monoisotopic (exact) mass is 282 g/mol. The number of benzene rings is 1. The molecule has 1 saturated heterocycles. The molecule has 0 unspecified atom stereocenters. The summed E-state index contributed by atoms with van der Waals surface area (Å²) >= 11 is 0. The van der Waals surface area contributed by atoms with Gasteiger partial charge in [0.25, 0.3) is 0 Å². The largest absolute Gasteiger partial charge is 0.388 e. The number of nitrogens with one attached hydrogen (secondary N) is 1. The molecule has 0 spiro atoms. The van der Waals surface area contributed by atoms with Gasteiger partial charge in [0.15, 0.2) is 0 Å². The minimum atomic E-state index is -0.724. The van der Waals surface area contributed by atoms with E-state index in [9.17, 15) is 9.50 Å². The summed E-state index contributed by atoms with van der Waals surface area (Å²) in [5, 5.41) is 13.6. The van der Waals surface area contributed by atoms with Gasteiger partial charge in [0.1, 0.15) is 5.82 Å². The zero-order chi connectivity index (χ0) is 14.6. The SMILES string of the molecule is CNCc1cc(F)ccc1N(C)CC1(O)CCOCC1. The lowest BCUT2D eigenvalue weighted by Gasteiger charge is -2.36. The van der Waals surface area contributed by atoms with Crippen LogP contribution in [0.5, 0.6) is 0 Å². The van der Waals surface area contributed by atoms with Crippen molar-refractivity contribution in [3.63, 3.8) is 0 Å². The highest BCUT2D eigenvalue weighted by molar-refractivity contribution is 5.53. The third-order valence-corrected chi connectivity index (χ3v) is 3.78. The third-order valence-electron chi connectivity index (χ3n) is 3.78. The minimum absolute atomic E-state index is 0.239. The number of ether oxygens (including phenoxy) is 1. The topological polar surface area (TPSA) is 44.7 Å². The summed E-state index contributed by atoms with van der Waals surface area (Å²) in [5.41, 5.74) is 1.12. The first-order chi connectivity index (χ1) is 9.54. The van der Waals surface area contributed by atoms with Crippen molar-refractivity contribution in [3.8, 4) is 0 Å². The van der Waals surface area contributed by atoms with E-state index in [2.05, 4.69) is 5.32 Å². The molecule has 1 aliphatic rings. The molecular formula is C15H23FN2O2. The second-order valence-corrected chi connectivity index (χ2v) is 5.50. The Labute approximate surface area is 119 Å². The quantitative estimate of drug-likeness (QED) is 0.859. The van der Waals surface area contributed by atoms with E-state index in [0.29, 0.717) is 39.1 Å². The molecule has 0 amide bonds. The number of anilines is 1. The van der Waals surface area contributed by atoms with E-state index >= 15 is 0 Å². The van der Waals surface area contributed by atoms with Crippen molar-refractivity contribution in [1.29, 1.82) is 0 Å². The molecule has 2 N–H and O–H groups in total. The number of aliphatic hydroxyl groups is 1. The highest BCUT2D eigenvalue weighted by atomic mass is 19.1. The second kappa shape index (κ2) is 6.52. The van der Waals surface area contributed by atoms with E-state index in [1.54, 1.807) is 6.07 Å². The first-order valence-electron chi connectivity index (χ1n) is 6.98. The summed E-state index contributed by atoms with van der Waals surface area (Å²) in [5.74, 6) is -0.239. The second-order valence-electron chi connectivity index (χ2n) is 5.50. The summed E-state index contributed by atoms with van der Waals surface area (Å²) in [4.78, 5) is 2.00. The van der Waals surface area contributed by atoms with Crippen molar-refractivity contribution in [2.75, 3.05) is 38.8 Å². The van der Waals surface area contributed by atoms with Gasteiger partial charge in [0.2, 0.25) is 0 Å². The molecule has 0 aliphatic carbocycles. The van der Waals surface area contributed by atoms with Crippen molar-refractivity contribution in [2.45, 2.75) is 25.0 Å². The van der Waals surface area contributed by atoms with Gasteiger partial charge in [-0.05, 0) is 30.8 Å². The normalized spacial score (nSPS) is 18.0. The van der Waals surface area contributed by atoms with Crippen LogP contribution >= 0.6 is 0 Å². The summed E-state index contributed by atoms with van der Waals surface area (Å²) < 4.78 is 18.6. The molecule has 0 radical (unpaired) electrons. The molecule has 1 fully saturated rings. The number of hydrogen-bond acceptors (Lipinski definition) is 4. The average Bonchev–Trinajstić information content (AvgIpc) is 2.39. The van der Waals surface area contributed by atoms with Gasteiger partial charge >= 0.3 is 0 Å². The molecule has 1 aromatic rings. The van der Waals surface area contributed by atoms with E-state index in [1.165, 1.54) is 12.1 Å². The van der Waals surface area contributed by atoms with Crippen LogP contribution in [0.15, 0.2) is 18.2 Å². The Morgan fingerprint density at radius 2 is 2.10 bits per heavy atom. The van der Waals surface area contributed by atoms with Crippen LogP contribution in [0.2, 0.25) is 0 Å². The van der Waals surface area contributed by atoms with Crippen molar-refractivity contribution >= 4 is 5.69 Å². The summed E-state index contributed by atoms with van der Waals surface area (Å²) in [7, 11) is 3.76. The Morgan fingerprint density at radius 3 is 2.75 bits per heavy atom. The molecule has 4 nitrogen and oxygen atoms in total. The van der Waals surface area contributed by atoms with Gasteiger partial charge in [-0.25, -0.2) is 4.39 Å². The van der Waals surface area contributed by atoms with Gasteiger partial charge in [-0.15, -0.1) is 0 Å². The zero-order valence-electron chi connectivity index (χ0n) is 12.2. The Hall–Kier alpha value is -1.17. The lowest BCUT2D eigenvalue weighted by Crippen LogP contribution is -2.46. The lowest BCUT2D eigenvalue weighted by atomic mass is 9.93. The van der Waals surface area contributed by atoms with E-state index < -0.39 is 5.60 Å². The molecule has 112 valence electrons. The molecule has 0 atom stereocenters. The van der Waals surface area contributed by atoms with E-state index in [-0.39, 0.29) is 5.82 Å². The molecule has 1 heterocycles. The van der Waals surface area contributed by atoms with Gasteiger partial charge in [0.05, 0.1) is 5.60 Å². The van der Waals surface area contributed by atoms with Gasteiger partial charge in [-0.3, -0.25) is 0 Å². The molecule has 20 heavy (non-hydrogen) atoms. The standard InChI is InChI=1S/C15H23FN2O2/c1-17-10-12-9-13(16)3-4-14(12)18(2)11-15(19)5-7-20-8-6-15/h3-4,9,17,19H,5-8,10-11H2,1-2H3. The van der Waals surface area contributed by atoms with Crippen LogP contribution in [-0.2, 0) is 11.3 Å². The zero-order valence-corrected chi connectivity index (χ0v) is 12.2. The van der Waals surface area contributed by atoms with Crippen LogP contribution in [0.1, 0.15) is 18.4 Å². The van der Waals surface area contributed by atoms with Crippen LogP contribution in [-0.4, -0.2) is 44.6 Å². The van der Waals surface area contributed by atoms with Crippen LogP contribution in [0.4, 0.5) is 10.1 Å². The smallest absolute Gasteiger partial charge is 0.123 e. The number of halogens is 1. The highest BCUT2D eigenvalue weighted by Crippen LogP contribution is 2.26. The maximum absolute atomic E-state index is 13.4. The van der Waals surface area contributed by atoms with Crippen molar-refractivity contribution in [1.82, 2.24) is 5.32 Å². The summed E-state index contributed by atoms with van der Waals surface area (Å²) in [6, 6.07) is 4.76. The van der Waals surface area contributed by atoms with Crippen molar-refractivity contribution in [2.24, 2.45) is 0 Å².